The molecule has 0 heterocycles. The van der Waals surface area contributed by atoms with Crippen molar-refractivity contribution in [2.24, 2.45) is 11.8 Å². The molecule has 0 saturated carbocycles. The lowest BCUT2D eigenvalue weighted by atomic mass is 9.81. The predicted octanol–water partition coefficient (Wildman–Crippen LogP) is 4.02. The number of esters is 1. The average Bonchev–Trinajstić information content (AvgIpc) is 2.44. The van der Waals surface area contributed by atoms with Gasteiger partial charge in [0.2, 0.25) is 0 Å². The summed E-state index contributed by atoms with van der Waals surface area (Å²) in [6, 6.07) is 7.93. The number of carbonyl (C=O) groups excluding carboxylic acids is 1. The average molecular weight is 278 g/mol. The lowest BCUT2D eigenvalue weighted by Crippen LogP contribution is -2.23. The van der Waals surface area contributed by atoms with Gasteiger partial charge in [-0.2, -0.15) is 0 Å². The second-order valence-corrected chi connectivity index (χ2v) is 5.52. The van der Waals surface area contributed by atoms with E-state index in [1.54, 1.807) is 7.11 Å². The smallest absolute Gasteiger partial charge is 0.309 e. The van der Waals surface area contributed by atoms with Crippen molar-refractivity contribution in [3.05, 3.63) is 29.8 Å². The molecule has 2 unspecified atom stereocenters. The normalized spacial score (nSPS) is 13.9. The molecule has 1 aromatic rings. The van der Waals surface area contributed by atoms with Crippen LogP contribution in [-0.2, 0) is 9.53 Å². The van der Waals surface area contributed by atoms with Crippen LogP contribution in [0, 0.1) is 11.8 Å². The fraction of sp³-hybridized carbons (Fsp3) is 0.588. The molecule has 2 atom stereocenters. The second kappa shape index (κ2) is 7.93. The first kappa shape index (κ1) is 16.5. The van der Waals surface area contributed by atoms with Gasteiger partial charge in [0.1, 0.15) is 5.75 Å². The van der Waals surface area contributed by atoms with Gasteiger partial charge in [0, 0.05) is 5.92 Å². The minimum atomic E-state index is -0.173. The van der Waals surface area contributed by atoms with Gasteiger partial charge in [-0.15, -0.1) is 0 Å². The molecule has 0 amide bonds. The molecule has 3 nitrogen and oxygen atoms in total. The molecule has 20 heavy (non-hydrogen) atoms. The van der Waals surface area contributed by atoms with Crippen molar-refractivity contribution in [1.29, 1.82) is 0 Å². The fourth-order valence-electron chi connectivity index (χ4n) is 2.52. The van der Waals surface area contributed by atoms with E-state index in [2.05, 4.69) is 13.8 Å². The highest BCUT2D eigenvalue weighted by Gasteiger charge is 2.29. The van der Waals surface area contributed by atoms with Crippen molar-refractivity contribution in [1.82, 2.24) is 0 Å². The van der Waals surface area contributed by atoms with Crippen LogP contribution in [0.2, 0.25) is 0 Å². The number of carbonyl (C=O) groups is 1. The van der Waals surface area contributed by atoms with Gasteiger partial charge in [0.15, 0.2) is 0 Å². The summed E-state index contributed by atoms with van der Waals surface area (Å²) in [5, 5.41) is 0. The number of rotatable bonds is 7. The lowest BCUT2D eigenvalue weighted by Gasteiger charge is -2.26. The topological polar surface area (TPSA) is 35.5 Å². The summed E-state index contributed by atoms with van der Waals surface area (Å²) in [4.78, 5) is 12.1. The molecule has 0 spiro atoms. The summed E-state index contributed by atoms with van der Waals surface area (Å²) < 4.78 is 10.6. The van der Waals surface area contributed by atoms with E-state index in [1.165, 1.54) is 0 Å². The summed E-state index contributed by atoms with van der Waals surface area (Å²) in [6.45, 7) is 8.53. The largest absolute Gasteiger partial charge is 0.496 e. The SMILES string of the molecule is CCOC(=O)C(C)C(CC(C)C)c1ccccc1OC. The van der Waals surface area contributed by atoms with Crippen LogP contribution in [0.25, 0.3) is 0 Å². The van der Waals surface area contributed by atoms with Crippen LogP contribution in [0.4, 0.5) is 0 Å². The van der Waals surface area contributed by atoms with Crippen LogP contribution in [0.15, 0.2) is 24.3 Å². The maximum absolute atomic E-state index is 12.1. The zero-order valence-corrected chi connectivity index (χ0v) is 13.2. The summed E-state index contributed by atoms with van der Waals surface area (Å²) in [5.41, 5.74) is 1.09. The third kappa shape index (κ3) is 4.26. The van der Waals surface area contributed by atoms with Gasteiger partial charge in [-0.1, -0.05) is 39.0 Å². The third-order valence-electron chi connectivity index (χ3n) is 3.53. The summed E-state index contributed by atoms with van der Waals surface area (Å²) in [7, 11) is 1.67. The lowest BCUT2D eigenvalue weighted by molar-refractivity contribution is -0.148. The Morgan fingerprint density at radius 3 is 2.40 bits per heavy atom. The fourth-order valence-corrected chi connectivity index (χ4v) is 2.52. The van der Waals surface area contributed by atoms with Crippen LogP contribution >= 0.6 is 0 Å². The van der Waals surface area contributed by atoms with E-state index in [1.807, 2.05) is 38.1 Å². The highest BCUT2D eigenvalue weighted by Crippen LogP contribution is 2.37. The first-order valence-electron chi connectivity index (χ1n) is 7.30. The first-order valence-corrected chi connectivity index (χ1v) is 7.30. The van der Waals surface area contributed by atoms with E-state index in [0.29, 0.717) is 12.5 Å². The molecule has 0 aromatic heterocycles. The molecule has 0 N–H and O–H groups in total. The maximum Gasteiger partial charge on any atom is 0.309 e. The molecule has 0 bridgehead atoms. The zero-order valence-electron chi connectivity index (χ0n) is 13.2. The molecule has 0 saturated heterocycles. The Hall–Kier alpha value is -1.51. The van der Waals surface area contributed by atoms with E-state index in [0.717, 1.165) is 17.7 Å². The minimum absolute atomic E-state index is 0.116. The predicted molar refractivity (Wildman–Crippen MR) is 81.0 cm³/mol. The van der Waals surface area contributed by atoms with Crippen molar-refractivity contribution >= 4 is 5.97 Å². The van der Waals surface area contributed by atoms with E-state index >= 15 is 0 Å². The van der Waals surface area contributed by atoms with E-state index in [-0.39, 0.29) is 17.8 Å². The van der Waals surface area contributed by atoms with Gasteiger partial charge >= 0.3 is 5.97 Å². The third-order valence-corrected chi connectivity index (χ3v) is 3.53. The quantitative estimate of drug-likeness (QED) is 0.707. The highest BCUT2D eigenvalue weighted by atomic mass is 16.5. The number of hydrogen-bond donors (Lipinski definition) is 0. The number of benzene rings is 1. The first-order chi connectivity index (χ1) is 9.51. The molecule has 3 heteroatoms. The van der Waals surface area contributed by atoms with Gasteiger partial charge in [-0.25, -0.2) is 0 Å². The monoisotopic (exact) mass is 278 g/mol. The second-order valence-electron chi connectivity index (χ2n) is 5.52. The Kier molecular flexibility index (Phi) is 6.56. The van der Waals surface area contributed by atoms with Gasteiger partial charge < -0.3 is 9.47 Å². The van der Waals surface area contributed by atoms with Crippen molar-refractivity contribution < 1.29 is 14.3 Å². The van der Waals surface area contributed by atoms with Gasteiger partial charge in [0.05, 0.1) is 19.6 Å². The van der Waals surface area contributed by atoms with E-state index < -0.39 is 0 Å². The van der Waals surface area contributed by atoms with Crippen LogP contribution in [-0.4, -0.2) is 19.7 Å². The number of ether oxygens (including phenoxy) is 2. The molecule has 0 radical (unpaired) electrons. The maximum atomic E-state index is 12.1. The van der Waals surface area contributed by atoms with E-state index in [9.17, 15) is 4.79 Å². The summed E-state index contributed by atoms with van der Waals surface area (Å²) in [6.07, 6.45) is 0.931. The summed E-state index contributed by atoms with van der Waals surface area (Å²) in [5.74, 6) is 1.15. The van der Waals surface area contributed by atoms with Gasteiger partial charge in [0.25, 0.3) is 0 Å². The Bertz CT molecular complexity index is 426. The molecule has 1 rings (SSSR count). The van der Waals surface area contributed by atoms with Gasteiger partial charge in [-0.3, -0.25) is 4.79 Å². The number of methoxy groups -OCH3 is 1. The van der Waals surface area contributed by atoms with Crippen LogP contribution in [0.1, 0.15) is 45.6 Å². The van der Waals surface area contributed by atoms with Crippen LogP contribution in [0.3, 0.4) is 0 Å². The Labute approximate surface area is 122 Å². The minimum Gasteiger partial charge on any atom is -0.496 e. The number of para-hydroxylation sites is 1. The molecule has 0 aliphatic rings. The molecular weight excluding hydrogens is 252 g/mol. The zero-order chi connectivity index (χ0) is 15.1. The van der Waals surface area contributed by atoms with Gasteiger partial charge in [-0.05, 0) is 30.9 Å². The van der Waals surface area contributed by atoms with Crippen molar-refractivity contribution in [3.63, 3.8) is 0 Å². The molecular formula is C17H26O3. The standard InChI is InChI=1S/C17H26O3/c1-6-20-17(18)13(4)15(11-12(2)3)14-9-7-8-10-16(14)19-5/h7-10,12-13,15H,6,11H2,1-5H3. The molecule has 0 aliphatic carbocycles. The Morgan fingerprint density at radius 2 is 1.85 bits per heavy atom. The molecule has 112 valence electrons. The highest BCUT2D eigenvalue weighted by molar-refractivity contribution is 5.73. The van der Waals surface area contributed by atoms with Crippen molar-refractivity contribution in [2.75, 3.05) is 13.7 Å². The van der Waals surface area contributed by atoms with Crippen molar-refractivity contribution in [2.45, 2.75) is 40.0 Å². The Morgan fingerprint density at radius 1 is 1.20 bits per heavy atom. The molecule has 0 fully saturated rings. The van der Waals surface area contributed by atoms with E-state index in [4.69, 9.17) is 9.47 Å². The number of hydrogen-bond acceptors (Lipinski definition) is 3. The molecule has 0 aliphatic heterocycles. The van der Waals surface area contributed by atoms with Crippen molar-refractivity contribution in [3.8, 4) is 5.75 Å². The molecule has 1 aromatic carbocycles. The summed E-state index contributed by atoms with van der Waals surface area (Å²) >= 11 is 0. The van der Waals surface area contributed by atoms with Crippen LogP contribution < -0.4 is 4.74 Å². The Balaban J connectivity index is 3.08. The van der Waals surface area contributed by atoms with Crippen LogP contribution in [0.5, 0.6) is 5.75 Å².